The number of hydrogen-bond donors (Lipinski definition) is 1. The Hall–Kier alpha value is -0.490. The Morgan fingerprint density at radius 1 is 1.25 bits per heavy atom. The third-order valence-corrected chi connectivity index (χ3v) is 4.41. The number of methoxy groups -OCH3 is 1. The van der Waals surface area contributed by atoms with Gasteiger partial charge in [-0.15, -0.1) is 11.3 Å². The first-order valence-corrected chi connectivity index (χ1v) is 8.46. The third kappa shape index (κ3) is 5.87. The number of rotatable bonds is 11. The van der Waals surface area contributed by atoms with Crippen LogP contribution in [0.15, 0.2) is 0 Å². The van der Waals surface area contributed by atoms with Crippen LogP contribution >= 0.6 is 11.3 Å². The zero-order valence-electron chi connectivity index (χ0n) is 13.4. The standard InChI is InChI=1S/C15H29N3OS/c1-5-8-13-14(11-16-9-10-19-4)20-15(17-13)12-18(6-2)7-3/h16H,5-12H2,1-4H3. The molecule has 0 aliphatic rings. The molecule has 0 bridgehead atoms. The smallest absolute Gasteiger partial charge is 0.107 e. The summed E-state index contributed by atoms with van der Waals surface area (Å²) < 4.78 is 5.06. The van der Waals surface area contributed by atoms with Gasteiger partial charge in [-0.3, -0.25) is 4.90 Å². The molecular weight excluding hydrogens is 270 g/mol. The number of nitrogens with zero attached hydrogens (tertiary/aromatic N) is 2. The minimum Gasteiger partial charge on any atom is -0.383 e. The minimum absolute atomic E-state index is 0.758. The first kappa shape index (κ1) is 17.6. The molecule has 0 amide bonds. The lowest BCUT2D eigenvalue weighted by Gasteiger charge is -2.15. The van der Waals surface area contributed by atoms with Crippen molar-refractivity contribution >= 4 is 11.3 Å². The summed E-state index contributed by atoms with van der Waals surface area (Å²) in [4.78, 5) is 8.65. The van der Waals surface area contributed by atoms with Crippen molar-refractivity contribution in [3.8, 4) is 0 Å². The second-order valence-corrected chi connectivity index (χ2v) is 6.03. The molecule has 1 N–H and O–H groups in total. The summed E-state index contributed by atoms with van der Waals surface area (Å²) in [5.74, 6) is 0. The number of thiazole rings is 1. The summed E-state index contributed by atoms with van der Waals surface area (Å²) in [6.07, 6.45) is 2.23. The lowest BCUT2D eigenvalue weighted by Crippen LogP contribution is -2.21. The molecule has 116 valence electrons. The van der Waals surface area contributed by atoms with Crippen molar-refractivity contribution < 1.29 is 4.74 Å². The molecule has 20 heavy (non-hydrogen) atoms. The van der Waals surface area contributed by atoms with Crippen LogP contribution in [0.25, 0.3) is 0 Å². The van der Waals surface area contributed by atoms with Crippen LogP contribution in [0.1, 0.15) is 42.8 Å². The van der Waals surface area contributed by atoms with Gasteiger partial charge in [0.25, 0.3) is 0 Å². The molecule has 1 rings (SSSR count). The van der Waals surface area contributed by atoms with Gasteiger partial charge in [0.15, 0.2) is 0 Å². The van der Waals surface area contributed by atoms with E-state index in [1.54, 1.807) is 7.11 Å². The number of aromatic nitrogens is 1. The van der Waals surface area contributed by atoms with E-state index in [2.05, 4.69) is 31.0 Å². The van der Waals surface area contributed by atoms with Crippen LogP contribution < -0.4 is 5.32 Å². The van der Waals surface area contributed by atoms with E-state index in [1.807, 2.05) is 11.3 Å². The highest BCUT2D eigenvalue weighted by molar-refractivity contribution is 7.11. The zero-order chi connectivity index (χ0) is 14.8. The predicted molar refractivity (Wildman–Crippen MR) is 86.3 cm³/mol. The van der Waals surface area contributed by atoms with Crippen molar-refractivity contribution in [2.24, 2.45) is 0 Å². The van der Waals surface area contributed by atoms with Gasteiger partial charge in [0.1, 0.15) is 5.01 Å². The highest BCUT2D eigenvalue weighted by atomic mass is 32.1. The second-order valence-electron chi connectivity index (χ2n) is 4.86. The molecule has 0 radical (unpaired) electrons. The van der Waals surface area contributed by atoms with Gasteiger partial charge in [-0.2, -0.15) is 0 Å². The Balaban J connectivity index is 2.63. The van der Waals surface area contributed by atoms with Crippen molar-refractivity contribution in [2.45, 2.75) is 46.7 Å². The summed E-state index contributed by atoms with van der Waals surface area (Å²) in [7, 11) is 1.74. The Kier molecular flexibility index (Phi) is 9.02. The van der Waals surface area contributed by atoms with Crippen LogP contribution in [0.4, 0.5) is 0 Å². The molecule has 0 spiro atoms. The normalized spacial score (nSPS) is 11.4. The maximum atomic E-state index is 5.06. The van der Waals surface area contributed by atoms with Crippen molar-refractivity contribution in [3.05, 3.63) is 15.6 Å². The van der Waals surface area contributed by atoms with Gasteiger partial charge in [-0.05, 0) is 19.5 Å². The third-order valence-electron chi connectivity index (χ3n) is 3.33. The molecule has 0 aromatic carbocycles. The number of aryl methyl sites for hydroxylation is 1. The molecule has 0 saturated heterocycles. The summed E-state index contributed by atoms with van der Waals surface area (Å²) in [5, 5.41) is 4.68. The minimum atomic E-state index is 0.758. The van der Waals surface area contributed by atoms with E-state index >= 15 is 0 Å². The van der Waals surface area contributed by atoms with Gasteiger partial charge in [0.2, 0.25) is 0 Å². The van der Waals surface area contributed by atoms with E-state index in [4.69, 9.17) is 9.72 Å². The van der Waals surface area contributed by atoms with Crippen molar-refractivity contribution in [1.29, 1.82) is 0 Å². The van der Waals surface area contributed by atoms with E-state index in [9.17, 15) is 0 Å². The molecule has 0 fully saturated rings. The monoisotopic (exact) mass is 299 g/mol. The molecule has 4 nitrogen and oxygen atoms in total. The fourth-order valence-electron chi connectivity index (χ4n) is 2.09. The molecule has 1 aromatic heterocycles. The Morgan fingerprint density at radius 2 is 2.00 bits per heavy atom. The predicted octanol–water partition coefficient (Wildman–Crippen LogP) is 2.67. The largest absolute Gasteiger partial charge is 0.383 e. The van der Waals surface area contributed by atoms with E-state index in [0.717, 1.165) is 52.2 Å². The summed E-state index contributed by atoms with van der Waals surface area (Å²) in [6.45, 7) is 12.3. The fraction of sp³-hybridized carbons (Fsp3) is 0.800. The van der Waals surface area contributed by atoms with E-state index in [1.165, 1.54) is 15.6 Å². The van der Waals surface area contributed by atoms with Gasteiger partial charge in [0, 0.05) is 25.1 Å². The molecule has 0 atom stereocenters. The maximum absolute atomic E-state index is 5.06. The molecule has 5 heteroatoms. The summed E-state index contributed by atoms with van der Waals surface area (Å²) in [6, 6.07) is 0. The molecule has 0 aliphatic carbocycles. The SMILES string of the molecule is CCCc1nc(CN(CC)CC)sc1CNCCOC. The Morgan fingerprint density at radius 3 is 2.60 bits per heavy atom. The lowest BCUT2D eigenvalue weighted by atomic mass is 10.2. The zero-order valence-corrected chi connectivity index (χ0v) is 14.2. The number of ether oxygens (including phenoxy) is 1. The van der Waals surface area contributed by atoms with E-state index in [0.29, 0.717) is 0 Å². The van der Waals surface area contributed by atoms with Crippen LogP contribution in [0.3, 0.4) is 0 Å². The first-order valence-electron chi connectivity index (χ1n) is 7.64. The number of nitrogens with one attached hydrogen (secondary N) is 1. The van der Waals surface area contributed by atoms with Gasteiger partial charge in [-0.1, -0.05) is 27.2 Å². The van der Waals surface area contributed by atoms with Gasteiger partial charge in [0.05, 0.1) is 18.8 Å². The van der Waals surface area contributed by atoms with Crippen LogP contribution in [0.2, 0.25) is 0 Å². The molecule has 0 aliphatic heterocycles. The number of hydrogen-bond acceptors (Lipinski definition) is 5. The fourth-order valence-corrected chi connectivity index (χ4v) is 3.22. The molecule has 1 heterocycles. The second kappa shape index (κ2) is 10.3. The highest BCUT2D eigenvalue weighted by Gasteiger charge is 2.12. The average molecular weight is 299 g/mol. The Labute approximate surface area is 127 Å². The lowest BCUT2D eigenvalue weighted by molar-refractivity contribution is 0.199. The maximum Gasteiger partial charge on any atom is 0.107 e. The van der Waals surface area contributed by atoms with Crippen molar-refractivity contribution in [1.82, 2.24) is 15.2 Å². The van der Waals surface area contributed by atoms with Gasteiger partial charge >= 0.3 is 0 Å². The highest BCUT2D eigenvalue weighted by Crippen LogP contribution is 2.21. The van der Waals surface area contributed by atoms with E-state index < -0.39 is 0 Å². The quantitative estimate of drug-likeness (QED) is 0.638. The van der Waals surface area contributed by atoms with Crippen LogP contribution in [-0.4, -0.2) is 43.2 Å². The molecule has 0 saturated carbocycles. The van der Waals surface area contributed by atoms with Gasteiger partial charge in [-0.25, -0.2) is 4.98 Å². The van der Waals surface area contributed by atoms with Crippen LogP contribution in [0, 0.1) is 0 Å². The molecule has 0 unspecified atom stereocenters. The summed E-state index contributed by atoms with van der Waals surface area (Å²) >= 11 is 1.86. The molecule has 1 aromatic rings. The van der Waals surface area contributed by atoms with E-state index in [-0.39, 0.29) is 0 Å². The van der Waals surface area contributed by atoms with Crippen molar-refractivity contribution in [3.63, 3.8) is 0 Å². The van der Waals surface area contributed by atoms with Gasteiger partial charge < -0.3 is 10.1 Å². The summed E-state index contributed by atoms with van der Waals surface area (Å²) in [5.41, 5.74) is 1.28. The Bertz CT molecular complexity index is 364. The van der Waals surface area contributed by atoms with Crippen LogP contribution in [-0.2, 0) is 24.2 Å². The van der Waals surface area contributed by atoms with Crippen molar-refractivity contribution in [2.75, 3.05) is 33.4 Å². The average Bonchev–Trinajstić information content (AvgIpc) is 2.83. The van der Waals surface area contributed by atoms with Crippen LogP contribution in [0.5, 0.6) is 0 Å². The molecular formula is C15H29N3OS. The first-order chi connectivity index (χ1) is 9.74. The topological polar surface area (TPSA) is 37.4 Å².